The Bertz CT molecular complexity index is 694. The molecule has 1 aromatic heterocycles. The van der Waals surface area contributed by atoms with Crippen molar-refractivity contribution in [3.63, 3.8) is 0 Å². The van der Waals surface area contributed by atoms with Gasteiger partial charge in [0, 0.05) is 36.8 Å². The van der Waals surface area contributed by atoms with Gasteiger partial charge in [0.1, 0.15) is 0 Å². The molecule has 0 aliphatic carbocycles. The predicted octanol–water partition coefficient (Wildman–Crippen LogP) is 2.86. The third-order valence-corrected chi connectivity index (χ3v) is 4.39. The molecule has 0 spiro atoms. The zero-order valence-electron chi connectivity index (χ0n) is 13.7. The summed E-state index contributed by atoms with van der Waals surface area (Å²) in [5.74, 6) is 0. The number of hydrogen-bond acceptors (Lipinski definition) is 4. The zero-order valence-corrected chi connectivity index (χ0v) is 13.7. The number of nitrogens with zero attached hydrogens (tertiary/aromatic N) is 2. The van der Waals surface area contributed by atoms with Crippen molar-refractivity contribution in [1.29, 1.82) is 0 Å². The Morgan fingerprint density at radius 1 is 1.30 bits per heavy atom. The first-order chi connectivity index (χ1) is 11.1. The molecule has 122 valence electrons. The van der Waals surface area contributed by atoms with Gasteiger partial charge in [-0.25, -0.2) is 4.79 Å². The topological polar surface area (TPSA) is 54.5 Å². The van der Waals surface area contributed by atoms with Crippen molar-refractivity contribution in [2.24, 2.45) is 0 Å². The Morgan fingerprint density at radius 2 is 2.09 bits per heavy atom. The summed E-state index contributed by atoms with van der Waals surface area (Å²) < 4.78 is 4.66. The molecular formula is C18H23N3O2. The number of amides is 1. The molecule has 0 atom stereocenters. The number of hydrogen-bond donors (Lipinski definition) is 1. The van der Waals surface area contributed by atoms with Gasteiger partial charge in [0.15, 0.2) is 0 Å². The van der Waals surface area contributed by atoms with Gasteiger partial charge in [0.25, 0.3) is 0 Å². The molecule has 5 heteroatoms. The average Bonchev–Trinajstić information content (AvgIpc) is 2.56. The third kappa shape index (κ3) is 3.99. The number of carbonyl (C=O) groups excluding carboxylic acids is 1. The molecule has 1 aromatic carbocycles. The highest BCUT2D eigenvalue weighted by Crippen LogP contribution is 2.18. The Morgan fingerprint density at radius 3 is 2.83 bits per heavy atom. The van der Waals surface area contributed by atoms with Gasteiger partial charge in [-0.05, 0) is 43.5 Å². The molecule has 0 bridgehead atoms. The minimum atomic E-state index is -0.333. The van der Waals surface area contributed by atoms with Crippen LogP contribution in [0.3, 0.4) is 0 Å². The molecule has 1 aliphatic rings. The summed E-state index contributed by atoms with van der Waals surface area (Å²) in [6, 6.07) is 10.9. The lowest BCUT2D eigenvalue weighted by Gasteiger charge is -2.32. The van der Waals surface area contributed by atoms with E-state index in [1.165, 1.54) is 18.1 Å². The number of rotatable bonds is 3. The van der Waals surface area contributed by atoms with Gasteiger partial charge in [-0.1, -0.05) is 12.1 Å². The third-order valence-electron chi connectivity index (χ3n) is 4.39. The van der Waals surface area contributed by atoms with Crippen molar-refractivity contribution >= 4 is 17.0 Å². The standard InChI is InChI=1S/C18H23N3O2/c1-13-3-5-15-11-14(4-6-17(15)19-13)12-21-9-7-16(8-10-21)20-18(22)23-2/h3-6,11,16H,7-10,12H2,1-2H3,(H,20,22). The van der Waals surface area contributed by atoms with Crippen LogP contribution in [0.4, 0.5) is 4.79 Å². The Kier molecular flexibility index (Phi) is 4.76. The number of pyridine rings is 1. The van der Waals surface area contributed by atoms with E-state index in [1.807, 2.05) is 6.92 Å². The molecule has 1 amide bonds. The highest BCUT2D eigenvalue weighted by Gasteiger charge is 2.20. The summed E-state index contributed by atoms with van der Waals surface area (Å²) in [6.45, 7) is 4.92. The van der Waals surface area contributed by atoms with Gasteiger partial charge < -0.3 is 10.1 Å². The molecule has 23 heavy (non-hydrogen) atoms. The first kappa shape index (κ1) is 15.7. The normalized spacial score (nSPS) is 16.4. The maximum absolute atomic E-state index is 11.2. The van der Waals surface area contributed by atoms with Gasteiger partial charge in [0.2, 0.25) is 0 Å². The van der Waals surface area contributed by atoms with Crippen molar-refractivity contribution in [1.82, 2.24) is 15.2 Å². The predicted molar refractivity (Wildman–Crippen MR) is 90.3 cm³/mol. The van der Waals surface area contributed by atoms with E-state index >= 15 is 0 Å². The van der Waals surface area contributed by atoms with Crippen molar-refractivity contribution in [2.75, 3.05) is 20.2 Å². The minimum Gasteiger partial charge on any atom is -0.453 e. The van der Waals surface area contributed by atoms with E-state index in [2.05, 4.69) is 50.3 Å². The lowest BCUT2D eigenvalue weighted by Crippen LogP contribution is -2.44. The van der Waals surface area contributed by atoms with Crippen LogP contribution < -0.4 is 5.32 Å². The number of ether oxygens (including phenoxy) is 1. The van der Waals surface area contributed by atoms with Crippen LogP contribution in [0.25, 0.3) is 10.9 Å². The number of aryl methyl sites for hydroxylation is 1. The van der Waals surface area contributed by atoms with E-state index in [-0.39, 0.29) is 12.1 Å². The minimum absolute atomic E-state index is 0.225. The van der Waals surface area contributed by atoms with Crippen LogP contribution >= 0.6 is 0 Å². The molecule has 1 N–H and O–H groups in total. The second-order valence-electron chi connectivity index (χ2n) is 6.17. The molecule has 1 fully saturated rings. The zero-order chi connectivity index (χ0) is 16.2. The molecule has 2 heterocycles. The largest absolute Gasteiger partial charge is 0.453 e. The first-order valence-electron chi connectivity index (χ1n) is 8.07. The van der Waals surface area contributed by atoms with Crippen LogP contribution in [-0.2, 0) is 11.3 Å². The average molecular weight is 313 g/mol. The number of alkyl carbamates (subject to hydrolysis) is 1. The second kappa shape index (κ2) is 6.96. The first-order valence-corrected chi connectivity index (χ1v) is 8.07. The van der Waals surface area contributed by atoms with Gasteiger partial charge in [-0.2, -0.15) is 0 Å². The smallest absolute Gasteiger partial charge is 0.407 e. The molecule has 1 aliphatic heterocycles. The van der Waals surface area contributed by atoms with Crippen molar-refractivity contribution in [3.8, 4) is 0 Å². The Balaban J connectivity index is 1.58. The summed E-state index contributed by atoms with van der Waals surface area (Å²) >= 11 is 0. The SMILES string of the molecule is COC(=O)NC1CCN(Cc2ccc3nc(C)ccc3c2)CC1. The van der Waals surface area contributed by atoms with Crippen LogP contribution in [-0.4, -0.2) is 42.2 Å². The van der Waals surface area contributed by atoms with Gasteiger partial charge in [-0.3, -0.25) is 9.88 Å². The van der Waals surface area contributed by atoms with E-state index < -0.39 is 0 Å². The highest BCUT2D eigenvalue weighted by molar-refractivity contribution is 5.79. The number of fused-ring (bicyclic) bond motifs is 1. The van der Waals surface area contributed by atoms with Crippen molar-refractivity contribution in [2.45, 2.75) is 32.4 Å². The molecule has 0 saturated carbocycles. The van der Waals surface area contributed by atoms with Gasteiger partial charge in [-0.15, -0.1) is 0 Å². The second-order valence-corrected chi connectivity index (χ2v) is 6.17. The fourth-order valence-corrected chi connectivity index (χ4v) is 3.09. The van der Waals surface area contributed by atoms with Crippen LogP contribution in [0.2, 0.25) is 0 Å². The van der Waals surface area contributed by atoms with Crippen LogP contribution in [0.1, 0.15) is 24.1 Å². The summed E-state index contributed by atoms with van der Waals surface area (Å²) in [6.07, 6.45) is 1.59. The number of benzene rings is 1. The van der Waals surface area contributed by atoms with Gasteiger partial charge >= 0.3 is 6.09 Å². The van der Waals surface area contributed by atoms with Gasteiger partial charge in [0.05, 0.1) is 12.6 Å². The monoisotopic (exact) mass is 313 g/mol. The lowest BCUT2D eigenvalue weighted by molar-refractivity contribution is 0.150. The van der Waals surface area contributed by atoms with Crippen molar-refractivity contribution in [3.05, 3.63) is 41.6 Å². The molecule has 2 aromatic rings. The number of piperidine rings is 1. The maximum Gasteiger partial charge on any atom is 0.407 e. The molecule has 3 rings (SSSR count). The number of carbonyl (C=O) groups is 1. The van der Waals surface area contributed by atoms with E-state index in [0.29, 0.717) is 0 Å². The molecule has 0 unspecified atom stereocenters. The fourth-order valence-electron chi connectivity index (χ4n) is 3.09. The van der Waals surface area contributed by atoms with Crippen LogP contribution in [0, 0.1) is 6.92 Å². The molecule has 5 nitrogen and oxygen atoms in total. The summed E-state index contributed by atoms with van der Waals surface area (Å²) in [4.78, 5) is 18.2. The van der Waals surface area contributed by atoms with Crippen molar-refractivity contribution < 1.29 is 9.53 Å². The number of methoxy groups -OCH3 is 1. The fraction of sp³-hybridized carbons (Fsp3) is 0.444. The summed E-state index contributed by atoms with van der Waals surface area (Å²) in [7, 11) is 1.40. The quantitative estimate of drug-likeness (QED) is 0.946. The van der Waals surface area contributed by atoms with E-state index in [4.69, 9.17) is 0 Å². The van der Waals surface area contributed by atoms with Crippen LogP contribution in [0.5, 0.6) is 0 Å². The van der Waals surface area contributed by atoms with E-state index in [1.54, 1.807) is 0 Å². The van der Waals surface area contributed by atoms with E-state index in [0.717, 1.165) is 43.7 Å². The highest BCUT2D eigenvalue weighted by atomic mass is 16.5. The Hall–Kier alpha value is -2.14. The number of nitrogens with one attached hydrogen (secondary N) is 1. The summed E-state index contributed by atoms with van der Waals surface area (Å²) in [5, 5.41) is 4.08. The number of aromatic nitrogens is 1. The molecule has 1 saturated heterocycles. The lowest BCUT2D eigenvalue weighted by atomic mass is 10.0. The van der Waals surface area contributed by atoms with E-state index in [9.17, 15) is 4.79 Å². The Labute approximate surface area is 136 Å². The molecular weight excluding hydrogens is 290 g/mol. The maximum atomic E-state index is 11.2. The number of likely N-dealkylation sites (tertiary alicyclic amines) is 1. The summed E-state index contributed by atoms with van der Waals surface area (Å²) in [5.41, 5.74) is 3.41. The van der Waals surface area contributed by atoms with Crippen LogP contribution in [0.15, 0.2) is 30.3 Å². The molecule has 0 radical (unpaired) electrons.